The van der Waals surface area contributed by atoms with Crippen LogP contribution in [0.25, 0.3) is 0 Å². The molecule has 1 saturated carbocycles. The summed E-state index contributed by atoms with van der Waals surface area (Å²) >= 11 is 0. The number of rotatable bonds is 1. The largest absolute Gasteiger partial charge is 0.337 e. The van der Waals surface area contributed by atoms with Crippen LogP contribution in [0.4, 0.5) is 0 Å². The molecule has 0 bridgehead atoms. The molecule has 1 N–H and O–H groups in total. The third-order valence-electron chi connectivity index (χ3n) is 5.88. The summed E-state index contributed by atoms with van der Waals surface area (Å²) < 4.78 is 0. The first-order valence-corrected chi connectivity index (χ1v) is 8.36. The fraction of sp³-hybridized carbons (Fsp3) is 0.611. The van der Waals surface area contributed by atoms with Gasteiger partial charge in [-0.3, -0.25) is 4.79 Å². The molecule has 0 unspecified atom stereocenters. The molecule has 1 saturated heterocycles. The van der Waals surface area contributed by atoms with Gasteiger partial charge in [0, 0.05) is 19.6 Å². The van der Waals surface area contributed by atoms with Gasteiger partial charge in [0.2, 0.25) is 5.91 Å². The minimum absolute atomic E-state index is 0. The molecule has 1 aromatic carbocycles. The van der Waals surface area contributed by atoms with Gasteiger partial charge in [-0.15, -0.1) is 12.4 Å². The summed E-state index contributed by atoms with van der Waals surface area (Å²) in [7, 11) is 0. The van der Waals surface area contributed by atoms with Crippen molar-refractivity contribution < 1.29 is 4.79 Å². The predicted molar refractivity (Wildman–Crippen MR) is 90.1 cm³/mol. The van der Waals surface area contributed by atoms with Crippen molar-refractivity contribution in [3.05, 3.63) is 35.4 Å². The maximum atomic E-state index is 13.3. The minimum atomic E-state index is -0.0927. The van der Waals surface area contributed by atoms with Gasteiger partial charge in [-0.05, 0) is 42.9 Å². The molecule has 2 fully saturated rings. The van der Waals surface area contributed by atoms with Gasteiger partial charge in [0.05, 0.1) is 5.41 Å². The zero-order chi connectivity index (χ0) is 14.3. The monoisotopic (exact) mass is 320 g/mol. The van der Waals surface area contributed by atoms with E-state index in [2.05, 4.69) is 34.5 Å². The summed E-state index contributed by atoms with van der Waals surface area (Å²) in [5, 5.41) is 3.50. The van der Waals surface area contributed by atoms with Gasteiger partial charge in [-0.1, -0.05) is 37.1 Å². The third-order valence-corrected chi connectivity index (χ3v) is 5.88. The van der Waals surface area contributed by atoms with Crippen molar-refractivity contribution in [2.24, 2.45) is 11.3 Å². The van der Waals surface area contributed by atoms with Crippen LogP contribution in [-0.2, 0) is 17.8 Å². The van der Waals surface area contributed by atoms with Crippen molar-refractivity contribution in [3.63, 3.8) is 0 Å². The molecular formula is C18H25ClN2O. The smallest absolute Gasteiger partial charge is 0.230 e. The van der Waals surface area contributed by atoms with Crippen LogP contribution in [0.15, 0.2) is 24.3 Å². The Kier molecular flexibility index (Phi) is 4.47. The topological polar surface area (TPSA) is 32.3 Å². The summed E-state index contributed by atoms with van der Waals surface area (Å²) in [5.74, 6) is 0.989. The van der Waals surface area contributed by atoms with E-state index in [0.717, 1.165) is 39.0 Å². The van der Waals surface area contributed by atoms with Crippen LogP contribution in [0.2, 0.25) is 0 Å². The Hall–Kier alpha value is -1.06. The van der Waals surface area contributed by atoms with Crippen molar-refractivity contribution in [3.8, 4) is 0 Å². The highest BCUT2D eigenvalue weighted by Crippen LogP contribution is 2.45. The van der Waals surface area contributed by atoms with Crippen LogP contribution in [0.3, 0.4) is 0 Å². The number of amides is 1. The van der Waals surface area contributed by atoms with Crippen LogP contribution in [0, 0.1) is 11.3 Å². The van der Waals surface area contributed by atoms with E-state index in [9.17, 15) is 4.79 Å². The molecule has 2 aliphatic heterocycles. The van der Waals surface area contributed by atoms with Crippen LogP contribution in [0.5, 0.6) is 0 Å². The van der Waals surface area contributed by atoms with E-state index in [1.807, 2.05) is 0 Å². The number of nitrogens with one attached hydrogen (secondary N) is 1. The van der Waals surface area contributed by atoms with E-state index >= 15 is 0 Å². The second-order valence-electron chi connectivity index (χ2n) is 6.98. The Balaban J connectivity index is 0.00000144. The summed E-state index contributed by atoms with van der Waals surface area (Å²) in [6.45, 7) is 3.64. The molecule has 2 atom stereocenters. The van der Waals surface area contributed by atoms with Crippen LogP contribution in [0.1, 0.15) is 36.8 Å². The lowest BCUT2D eigenvalue weighted by Crippen LogP contribution is -2.50. The normalized spacial score (nSPS) is 30.2. The molecule has 3 aliphatic rings. The number of fused-ring (bicyclic) bond motifs is 2. The molecule has 1 aliphatic carbocycles. The first kappa shape index (κ1) is 15.8. The van der Waals surface area contributed by atoms with Gasteiger partial charge in [-0.25, -0.2) is 0 Å². The number of carbonyl (C=O) groups excluding carboxylic acids is 1. The molecular weight excluding hydrogens is 296 g/mol. The zero-order valence-electron chi connectivity index (χ0n) is 13.0. The number of halogens is 1. The second kappa shape index (κ2) is 6.21. The minimum Gasteiger partial charge on any atom is -0.337 e. The van der Waals surface area contributed by atoms with Crippen molar-refractivity contribution in [2.45, 2.75) is 38.6 Å². The molecule has 0 spiro atoms. The van der Waals surface area contributed by atoms with Gasteiger partial charge < -0.3 is 10.2 Å². The van der Waals surface area contributed by atoms with Gasteiger partial charge in [0.25, 0.3) is 0 Å². The number of benzene rings is 1. The van der Waals surface area contributed by atoms with E-state index in [-0.39, 0.29) is 17.8 Å². The third kappa shape index (κ3) is 2.44. The number of carbonyl (C=O) groups is 1. The molecule has 1 aromatic rings. The Bertz CT molecular complexity index is 562. The summed E-state index contributed by atoms with van der Waals surface area (Å²) in [4.78, 5) is 15.4. The zero-order valence-corrected chi connectivity index (χ0v) is 13.8. The standard InChI is InChI=1S/C18H24N2O.ClH/c21-17(18-9-4-3-7-16(18)11-19-13-18)20-10-8-14-5-1-2-6-15(14)12-20;/h1-2,5-6,16,19H,3-4,7-13H2;1H/t16-,18+;/m0./s1. The van der Waals surface area contributed by atoms with Crippen LogP contribution >= 0.6 is 12.4 Å². The summed E-state index contributed by atoms with van der Waals surface area (Å²) in [6.07, 6.45) is 5.83. The summed E-state index contributed by atoms with van der Waals surface area (Å²) in [5.41, 5.74) is 2.67. The number of nitrogens with zero attached hydrogens (tertiary/aromatic N) is 1. The maximum Gasteiger partial charge on any atom is 0.230 e. The number of hydrogen-bond donors (Lipinski definition) is 1. The van der Waals surface area contributed by atoms with E-state index in [0.29, 0.717) is 11.8 Å². The predicted octanol–water partition coefficient (Wildman–Crippen LogP) is 2.77. The van der Waals surface area contributed by atoms with E-state index < -0.39 is 0 Å². The lowest BCUT2D eigenvalue weighted by molar-refractivity contribution is -0.146. The quantitative estimate of drug-likeness (QED) is 0.863. The van der Waals surface area contributed by atoms with Gasteiger partial charge in [0.15, 0.2) is 0 Å². The first-order chi connectivity index (χ1) is 10.3. The molecule has 120 valence electrons. The highest BCUT2D eigenvalue weighted by molar-refractivity contribution is 5.85. The molecule has 2 heterocycles. The molecule has 1 amide bonds. The average Bonchev–Trinajstić information content (AvgIpc) is 2.99. The van der Waals surface area contributed by atoms with Crippen LogP contribution in [-0.4, -0.2) is 30.4 Å². The van der Waals surface area contributed by atoms with E-state index in [1.54, 1.807) is 0 Å². The van der Waals surface area contributed by atoms with Crippen molar-refractivity contribution in [1.29, 1.82) is 0 Å². The van der Waals surface area contributed by atoms with Crippen molar-refractivity contribution in [2.75, 3.05) is 19.6 Å². The van der Waals surface area contributed by atoms with Crippen molar-refractivity contribution >= 4 is 18.3 Å². The lowest BCUT2D eigenvalue weighted by atomic mass is 9.67. The van der Waals surface area contributed by atoms with Gasteiger partial charge in [-0.2, -0.15) is 0 Å². The van der Waals surface area contributed by atoms with Gasteiger partial charge in [0.1, 0.15) is 0 Å². The SMILES string of the molecule is Cl.O=C(N1CCc2ccccc2C1)[C@@]12CCCC[C@H]1CNC2. The molecule has 4 heteroatoms. The van der Waals surface area contributed by atoms with Gasteiger partial charge >= 0.3 is 0 Å². The van der Waals surface area contributed by atoms with E-state index in [1.165, 1.54) is 30.4 Å². The first-order valence-electron chi connectivity index (χ1n) is 8.36. The average molecular weight is 321 g/mol. The van der Waals surface area contributed by atoms with Crippen LogP contribution < -0.4 is 5.32 Å². The Morgan fingerprint density at radius 2 is 2.05 bits per heavy atom. The fourth-order valence-electron chi connectivity index (χ4n) is 4.65. The molecule has 4 rings (SSSR count). The lowest BCUT2D eigenvalue weighted by Gasteiger charge is -2.42. The van der Waals surface area contributed by atoms with Crippen molar-refractivity contribution in [1.82, 2.24) is 10.2 Å². The Labute approximate surface area is 138 Å². The second-order valence-corrected chi connectivity index (χ2v) is 6.98. The molecule has 0 aromatic heterocycles. The molecule has 0 radical (unpaired) electrons. The number of hydrogen-bond acceptors (Lipinski definition) is 2. The Morgan fingerprint density at radius 1 is 1.23 bits per heavy atom. The fourth-order valence-corrected chi connectivity index (χ4v) is 4.65. The Morgan fingerprint density at radius 3 is 2.91 bits per heavy atom. The van der Waals surface area contributed by atoms with E-state index in [4.69, 9.17) is 0 Å². The highest BCUT2D eigenvalue weighted by Gasteiger charge is 2.51. The maximum absolute atomic E-state index is 13.3. The molecule has 3 nitrogen and oxygen atoms in total. The highest BCUT2D eigenvalue weighted by atomic mass is 35.5. The summed E-state index contributed by atoms with van der Waals surface area (Å²) in [6, 6.07) is 8.58. The molecule has 22 heavy (non-hydrogen) atoms.